The second kappa shape index (κ2) is 7.26. The van der Waals surface area contributed by atoms with Gasteiger partial charge < -0.3 is 10.2 Å². The highest BCUT2D eigenvalue weighted by Crippen LogP contribution is 2.32. The van der Waals surface area contributed by atoms with Crippen LogP contribution in [0.1, 0.15) is 49.8 Å². The van der Waals surface area contributed by atoms with Crippen LogP contribution in [-0.2, 0) is 6.42 Å². The quantitative estimate of drug-likeness (QED) is 0.857. The van der Waals surface area contributed by atoms with E-state index in [2.05, 4.69) is 51.3 Å². The van der Waals surface area contributed by atoms with Crippen LogP contribution in [0.15, 0.2) is 22.7 Å². The lowest BCUT2D eigenvalue weighted by Gasteiger charge is -2.29. The van der Waals surface area contributed by atoms with Crippen LogP contribution in [0.2, 0.25) is 0 Å². The Morgan fingerprint density at radius 1 is 1.29 bits per heavy atom. The summed E-state index contributed by atoms with van der Waals surface area (Å²) in [6.45, 7) is 7.40. The second-order valence-corrected chi connectivity index (χ2v) is 7.72. The largest absolute Gasteiger partial charge is 0.310 e. The first kappa shape index (κ1) is 15.5. The van der Waals surface area contributed by atoms with Gasteiger partial charge in [-0.1, -0.05) is 35.3 Å². The van der Waals surface area contributed by atoms with E-state index in [-0.39, 0.29) is 0 Å². The fraction of sp³-hybridized carbons (Fsp3) is 0.667. The molecule has 1 aromatic carbocycles. The molecule has 0 aromatic heterocycles. The predicted octanol–water partition coefficient (Wildman–Crippen LogP) is 4.15. The highest BCUT2D eigenvalue weighted by Gasteiger charge is 2.22. The number of nitrogens with zero attached hydrogens (tertiary/aromatic N) is 1. The van der Waals surface area contributed by atoms with E-state index < -0.39 is 0 Å². The zero-order valence-electron chi connectivity index (χ0n) is 13.1. The molecule has 2 atom stereocenters. The van der Waals surface area contributed by atoms with Crippen molar-refractivity contribution in [1.82, 2.24) is 10.2 Å². The number of halogens is 1. The molecule has 3 heteroatoms. The predicted molar refractivity (Wildman–Crippen MR) is 92.7 cm³/mol. The van der Waals surface area contributed by atoms with Crippen molar-refractivity contribution in [1.29, 1.82) is 0 Å². The first-order valence-electron chi connectivity index (χ1n) is 8.46. The molecule has 2 aliphatic rings. The van der Waals surface area contributed by atoms with Crippen molar-refractivity contribution in [2.24, 2.45) is 5.92 Å². The molecule has 1 N–H and O–H groups in total. The molecule has 2 nitrogen and oxygen atoms in total. The van der Waals surface area contributed by atoms with Crippen LogP contribution >= 0.6 is 15.9 Å². The van der Waals surface area contributed by atoms with Gasteiger partial charge in [0.25, 0.3) is 0 Å². The van der Waals surface area contributed by atoms with Crippen LogP contribution < -0.4 is 5.32 Å². The highest BCUT2D eigenvalue weighted by atomic mass is 79.9. The van der Waals surface area contributed by atoms with Crippen LogP contribution in [0.4, 0.5) is 0 Å². The Bertz CT molecular complexity index is 468. The maximum atomic E-state index is 3.80. The number of hydrogen-bond donors (Lipinski definition) is 1. The first-order valence-corrected chi connectivity index (χ1v) is 9.26. The van der Waals surface area contributed by atoms with Gasteiger partial charge in [0.2, 0.25) is 0 Å². The highest BCUT2D eigenvalue weighted by molar-refractivity contribution is 9.10. The molecule has 1 fully saturated rings. The molecule has 2 unspecified atom stereocenters. The average molecular weight is 351 g/mol. The Morgan fingerprint density at radius 2 is 2.10 bits per heavy atom. The summed E-state index contributed by atoms with van der Waals surface area (Å²) in [6.07, 6.45) is 6.68. The van der Waals surface area contributed by atoms with Gasteiger partial charge in [-0.15, -0.1) is 0 Å². The topological polar surface area (TPSA) is 15.3 Å². The molecular weight excluding hydrogens is 324 g/mol. The van der Waals surface area contributed by atoms with Crippen molar-refractivity contribution in [2.75, 3.05) is 26.2 Å². The van der Waals surface area contributed by atoms with Crippen LogP contribution in [-0.4, -0.2) is 31.1 Å². The number of benzene rings is 1. The monoisotopic (exact) mass is 350 g/mol. The summed E-state index contributed by atoms with van der Waals surface area (Å²) in [5.74, 6) is 0.739. The Balaban J connectivity index is 1.47. The molecular formula is C18H27BrN2. The van der Waals surface area contributed by atoms with Crippen LogP contribution in [0, 0.1) is 5.92 Å². The third-order valence-corrected chi connectivity index (χ3v) is 5.41. The minimum absolute atomic E-state index is 0.567. The Labute approximate surface area is 137 Å². The van der Waals surface area contributed by atoms with Gasteiger partial charge >= 0.3 is 0 Å². The number of hydrogen-bond acceptors (Lipinski definition) is 2. The Morgan fingerprint density at radius 3 is 2.90 bits per heavy atom. The van der Waals surface area contributed by atoms with E-state index in [1.165, 1.54) is 67.3 Å². The number of nitrogens with one attached hydrogen (secondary N) is 1. The van der Waals surface area contributed by atoms with Crippen molar-refractivity contribution in [3.63, 3.8) is 0 Å². The molecule has 0 spiro atoms. The maximum absolute atomic E-state index is 3.80. The lowest BCUT2D eigenvalue weighted by atomic mass is 10.1. The molecule has 0 saturated carbocycles. The molecule has 1 aromatic rings. The number of likely N-dealkylation sites (tertiary alicyclic amines) is 1. The molecule has 1 saturated heterocycles. The Hall–Kier alpha value is -0.380. The third-order valence-electron chi connectivity index (χ3n) is 4.91. The molecule has 1 aliphatic heterocycles. The lowest BCUT2D eigenvalue weighted by Crippen LogP contribution is -2.37. The zero-order chi connectivity index (χ0) is 14.7. The van der Waals surface area contributed by atoms with E-state index in [1.807, 2.05) is 0 Å². The SMILES string of the molecule is CC(CNC1CCc2cc(Br)ccc21)CN1CCCCC1. The Kier molecular flexibility index (Phi) is 5.36. The summed E-state index contributed by atoms with van der Waals surface area (Å²) in [7, 11) is 0. The molecule has 0 bridgehead atoms. The van der Waals surface area contributed by atoms with Gasteiger partial charge in [-0.2, -0.15) is 0 Å². The van der Waals surface area contributed by atoms with Gasteiger partial charge in [-0.3, -0.25) is 0 Å². The van der Waals surface area contributed by atoms with Gasteiger partial charge in [-0.05, 0) is 74.5 Å². The molecule has 1 heterocycles. The fourth-order valence-corrected chi connectivity index (χ4v) is 4.20. The van der Waals surface area contributed by atoms with Crippen LogP contribution in [0.25, 0.3) is 0 Å². The van der Waals surface area contributed by atoms with Gasteiger partial charge in [0.05, 0.1) is 0 Å². The van der Waals surface area contributed by atoms with Gasteiger partial charge in [-0.25, -0.2) is 0 Å². The van der Waals surface area contributed by atoms with Crippen molar-refractivity contribution in [3.05, 3.63) is 33.8 Å². The molecule has 1 aliphatic carbocycles. The maximum Gasteiger partial charge on any atom is 0.0326 e. The van der Waals surface area contributed by atoms with E-state index in [4.69, 9.17) is 0 Å². The number of fused-ring (bicyclic) bond motifs is 1. The number of aryl methyl sites for hydroxylation is 1. The number of piperidine rings is 1. The minimum atomic E-state index is 0.567. The van der Waals surface area contributed by atoms with Gasteiger partial charge in [0, 0.05) is 17.1 Å². The van der Waals surface area contributed by atoms with Gasteiger partial charge in [0.15, 0.2) is 0 Å². The van der Waals surface area contributed by atoms with Gasteiger partial charge in [0.1, 0.15) is 0 Å². The van der Waals surface area contributed by atoms with E-state index in [1.54, 1.807) is 0 Å². The molecule has 0 radical (unpaired) electrons. The summed E-state index contributed by atoms with van der Waals surface area (Å²) in [5, 5.41) is 3.80. The van der Waals surface area contributed by atoms with E-state index in [0.717, 1.165) is 12.5 Å². The van der Waals surface area contributed by atoms with E-state index in [0.29, 0.717) is 6.04 Å². The minimum Gasteiger partial charge on any atom is -0.310 e. The summed E-state index contributed by atoms with van der Waals surface area (Å²) < 4.78 is 1.21. The van der Waals surface area contributed by atoms with Crippen LogP contribution in [0.3, 0.4) is 0 Å². The first-order chi connectivity index (χ1) is 10.2. The van der Waals surface area contributed by atoms with E-state index >= 15 is 0 Å². The molecule has 116 valence electrons. The van der Waals surface area contributed by atoms with Crippen molar-refractivity contribution < 1.29 is 0 Å². The summed E-state index contributed by atoms with van der Waals surface area (Å²) in [4.78, 5) is 2.65. The standard InChI is InChI=1S/C18H27BrN2/c1-14(13-21-9-3-2-4-10-21)12-20-18-8-5-15-11-16(19)6-7-17(15)18/h6-7,11,14,18,20H,2-5,8-10,12-13H2,1H3. The molecule has 0 amide bonds. The molecule has 21 heavy (non-hydrogen) atoms. The van der Waals surface area contributed by atoms with Crippen molar-refractivity contribution in [2.45, 2.75) is 45.1 Å². The smallest absolute Gasteiger partial charge is 0.0326 e. The number of rotatable bonds is 5. The lowest BCUT2D eigenvalue weighted by molar-refractivity contribution is 0.197. The summed E-state index contributed by atoms with van der Waals surface area (Å²) in [6, 6.07) is 7.32. The third kappa shape index (κ3) is 4.08. The summed E-state index contributed by atoms with van der Waals surface area (Å²) >= 11 is 3.58. The van der Waals surface area contributed by atoms with Crippen molar-refractivity contribution in [3.8, 4) is 0 Å². The van der Waals surface area contributed by atoms with E-state index in [9.17, 15) is 0 Å². The summed E-state index contributed by atoms with van der Waals surface area (Å²) in [5.41, 5.74) is 3.04. The zero-order valence-corrected chi connectivity index (χ0v) is 14.7. The fourth-order valence-electron chi connectivity index (χ4n) is 3.79. The normalized spacial score (nSPS) is 24.0. The average Bonchev–Trinajstić information content (AvgIpc) is 2.88. The van der Waals surface area contributed by atoms with Crippen molar-refractivity contribution >= 4 is 15.9 Å². The molecule has 3 rings (SSSR count). The second-order valence-electron chi connectivity index (χ2n) is 6.81. The van der Waals surface area contributed by atoms with Crippen LogP contribution in [0.5, 0.6) is 0 Å².